The fourth-order valence-corrected chi connectivity index (χ4v) is 4.84. The van der Waals surface area contributed by atoms with Gasteiger partial charge in [-0.1, -0.05) is 19.8 Å². The molecule has 0 radical (unpaired) electrons. The van der Waals surface area contributed by atoms with Gasteiger partial charge in [-0.25, -0.2) is 0 Å². The van der Waals surface area contributed by atoms with E-state index in [0.717, 1.165) is 18.5 Å². The summed E-state index contributed by atoms with van der Waals surface area (Å²) in [5.41, 5.74) is 1.58. The van der Waals surface area contributed by atoms with Crippen LogP contribution in [0.4, 0.5) is 0 Å². The highest BCUT2D eigenvalue weighted by atomic mass is 32.1. The lowest BCUT2D eigenvalue weighted by Crippen LogP contribution is -2.43. The van der Waals surface area contributed by atoms with Gasteiger partial charge in [-0.15, -0.1) is 11.3 Å². The van der Waals surface area contributed by atoms with Gasteiger partial charge in [-0.3, -0.25) is 4.90 Å². The first-order valence-corrected chi connectivity index (χ1v) is 9.17. The Morgan fingerprint density at radius 3 is 3.00 bits per heavy atom. The van der Waals surface area contributed by atoms with Crippen LogP contribution in [0.25, 0.3) is 0 Å². The summed E-state index contributed by atoms with van der Waals surface area (Å²) >= 11 is 1.94. The minimum absolute atomic E-state index is 0.607. The molecule has 0 bridgehead atoms. The molecule has 1 N–H and O–H groups in total. The van der Waals surface area contributed by atoms with Gasteiger partial charge >= 0.3 is 0 Å². The van der Waals surface area contributed by atoms with E-state index < -0.39 is 0 Å². The van der Waals surface area contributed by atoms with Gasteiger partial charge in [-0.05, 0) is 49.1 Å². The molecule has 112 valence electrons. The topological polar surface area (TPSA) is 15.3 Å². The first-order chi connectivity index (χ1) is 9.75. The predicted molar refractivity (Wildman–Crippen MR) is 87.4 cm³/mol. The molecule has 0 amide bonds. The van der Waals surface area contributed by atoms with E-state index in [1.165, 1.54) is 45.2 Å². The highest BCUT2D eigenvalue weighted by Gasteiger charge is 2.25. The van der Waals surface area contributed by atoms with Crippen LogP contribution in [0.2, 0.25) is 0 Å². The fraction of sp³-hybridized carbons (Fsp3) is 0.765. The summed E-state index contributed by atoms with van der Waals surface area (Å²) < 4.78 is 0. The van der Waals surface area contributed by atoms with Crippen LogP contribution in [0.5, 0.6) is 0 Å². The van der Waals surface area contributed by atoms with Gasteiger partial charge in [0.2, 0.25) is 0 Å². The van der Waals surface area contributed by atoms with Crippen LogP contribution in [0.1, 0.15) is 56.0 Å². The minimum atomic E-state index is 0.607. The Morgan fingerprint density at radius 2 is 2.15 bits per heavy atom. The first kappa shape index (κ1) is 14.6. The van der Waals surface area contributed by atoms with Gasteiger partial charge in [0.05, 0.1) is 0 Å². The average Bonchev–Trinajstić information content (AvgIpc) is 2.93. The van der Waals surface area contributed by atoms with Crippen LogP contribution >= 0.6 is 11.3 Å². The number of nitrogens with one attached hydrogen (secondary N) is 1. The van der Waals surface area contributed by atoms with Crippen LogP contribution in [-0.2, 0) is 6.42 Å². The molecule has 0 spiro atoms. The van der Waals surface area contributed by atoms with Crippen molar-refractivity contribution in [2.75, 3.05) is 19.6 Å². The zero-order chi connectivity index (χ0) is 13.9. The second-order valence-electron chi connectivity index (χ2n) is 6.58. The molecule has 1 saturated carbocycles. The second kappa shape index (κ2) is 6.59. The minimum Gasteiger partial charge on any atom is -0.312 e. The summed E-state index contributed by atoms with van der Waals surface area (Å²) in [6.45, 7) is 8.36. The van der Waals surface area contributed by atoms with Gasteiger partial charge in [0.1, 0.15) is 0 Å². The van der Waals surface area contributed by atoms with E-state index in [9.17, 15) is 0 Å². The molecule has 2 nitrogen and oxygen atoms in total. The van der Waals surface area contributed by atoms with Crippen molar-refractivity contribution in [2.24, 2.45) is 5.92 Å². The Balaban J connectivity index is 1.47. The van der Waals surface area contributed by atoms with Crippen molar-refractivity contribution in [2.45, 2.75) is 58.0 Å². The Hall–Kier alpha value is -0.380. The van der Waals surface area contributed by atoms with E-state index in [0.29, 0.717) is 6.04 Å². The molecule has 3 heteroatoms. The van der Waals surface area contributed by atoms with Crippen LogP contribution in [0, 0.1) is 5.92 Å². The number of hydrogen-bond acceptors (Lipinski definition) is 3. The third-order valence-electron chi connectivity index (χ3n) is 5.32. The van der Waals surface area contributed by atoms with Crippen LogP contribution in [-0.4, -0.2) is 30.6 Å². The molecule has 2 heterocycles. The molecule has 0 saturated heterocycles. The van der Waals surface area contributed by atoms with E-state index in [4.69, 9.17) is 0 Å². The summed E-state index contributed by atoms with van der Waals surface area (Å²) in [6, 6.07) is 3.70. The molecule has 3 unspecified atom stereocenters. The van der Waals surface area contributed by atoms with Gasteiger partial charge < -0.3 is 5.32 Å². The van der Waals surface area contributed by atoms with Gasteiger partial charge in [0.25, 0.3) is 0 Å². The number of fused-ring (bicyclic) bond motifs is 1. The van der Waals surface area contributed by atoms with Crippen molar-refractivity contribution in [3.63, 3.8) is 0 Å². The van der Waals surface area contributed by atoms with Crippen molar-refractivity contribution in [1.29, 1.82) is 0 Å². The van der Waals surface area contributed by atoms with Crippen LogP contribution < -0.4 is 5.32 Å². The molecule has 2 aliphatic rings. The molecule has 3 atom stereocenters. The molecule has 1 aromatic heterocycles. The van der Waals surface area contributed by atoms with Gasteiger partial charge in [0, 0.05) is 36.6 Å². The quantitative estimate of drug-likeness (QED) is 0.907. The molecule has 1 aliphatic carbocycles. The van der Waals surface area contributed by atoms with E-state index in [-0.39, 0.29) is 0 Å². The molecule has 1 aliphatic heterocycles. The smallest absolute Gasteiger partial charge is 0.0331 e. The molecule has 3 rings (SSSR count). The molecular weight excluding hydrogens is 264 g/mol. The molecule has 20 heavy (non-hydrogen) atoms. The van der Waals surface area contributed by atoms with Crippen molar-refractivity contribution in [1.82, 2.24) is 10.2 Å². The van der Waals surface area contributed by atoms with Crippen LogP contribution in [0.15, 0.2) is 11.4 Å². The predicted octanol–water partition coefficient (Wildman–Crippen LogP) is 3.84. The highest BCUT2D eigenvalue weighted by molar-refractivity contribution is 7.10. The van der Waals surface area contributed by atoms with E-state index in [1.54, 1.807) is 10.4 Å². The summed E-state index contributed by atoms with van der Waals surface area (Å²) in [7, 11) is 0. The standard InChI is InChI=1S/C17H28N2S/c1-13-5-3-4-6-16(13)18-9-11-19-10-7-17-15(14(19)2)8-12-20-17/h8,12-14,16,18H,3-7,9-11H2,1-2H3. The molecule has 1 aromatic rings. The van der Waals surface area contributed by atoms with Gasteiger partial charge in [-0.2, -0.15) is 0 Å². The first-order valence-electron chi connectivity index (χ1n) is 8.29. The normalized spacial score (nSPS) is 31.2. The third-order valence-corrected chi connectivity index (χ3v) is 6.32. The second-order valence-corrected chi connectivity index (χ2v) is 7.58. The number of hydrogen-bond donors (Lipinski definition) is 1. The number of rotatable bonds is 4. The summed E-state index contributed by atoms with van der Waals surface area (Å²) in [4.78, 5) is 4.26. The molecular formula is C17H28N2S. The van der Waals surface area contributed by atoms with Crippen LogP contribution in [0.3, 0.4) is 0 Å². The lowest BCUT2D eigenvalue weighted by atomic mass is 9.86. The van der Waals surface area contributed by atoms with Crippen molar-refractivity contribution >= 4 is 11.3 Å². The maximum atomic E-state index is 3.82. The Kier molecular flexibility index (Phi) is 4.79. The van der Waals surface area contributed by atoms with E-state index >= 15 is 0 Å². The Bertz CT molecular complexity index is 428. The maximum absolute atomic E-state index is 3.82. The zero-order valence-corrected chi connectivity index (χ0v) is 13.7. The lowest BCUT2D eigenvalue weighted by molar-refractivity contribution is 0.190. The maximum Gasteiger partial charge on any atom is 0.0331 e. The molecule has 0 aromatic carbocycles. The van der Waals surface area contributed by atoms with Crippen molar-refractivity contribution in [3.05, 3.63) is 21.9 Å². The van der Waals surface area contributed by atoms with E-state index in [1.807, 2.05) is 11.3 Å². The number of thiophene rings is 1. The number of nitrogens with zero attached hydrogens (tertiary/aromatic N) is 1. The largest absolute Gasteiger partial charge is 0.312 e. The fourth-order valence-electron chi connectivity index (χ4n) is 3.88. The molecule has 1 fully saturated rings. The lowest BCUT2D eigenvalue weighted by Gasteiger charge is -2.35. The van der Waals surface area contributed by atoms with E-state index in [2.05, 4.69) is 35.5 Å². The van der Waals surface area contributed by atoms with Gasteiger partial charge in [0.15, 0.2) is 0 Å². The monoisotopic (exact) mass is 292 g/mol. The Morgan fingerprint density at radius 1 is 1.30 bits per heavy atom. The van der Waals surface area contributed by atoms with Crippen molar-refractivity contribution in [3.8, 4) is 0 Å². The van der Waals surface area contributed by atoms with Crippen molar-refractivity contribution < 1.29 is 0 Å². The summed E-state index contributed by atoms with van der Waals surface area (Å²) in [5, 5.41) is 6.07. The Labute approximate surface area is 127 Å². The highest BCUT2D eigenvalue weighted by Crippen LogP contribution is 2.32. The summed E-state index contributed by atoms with van der Waals surface area (Å²) in [5.74, 6) is 0.867. The third kappa shape index (κ3) is 3.10. The average molecular weight is 292 g/mol. The SMILES string of the molecule is CC1CCCCC1NCCN1CCc2sccc2C1C. The summed E-state index contributed by atoms with van der Waals surface area (Å²) in [6.07, 6.45) is 6.89. The zero-order valence-electron chi connectivity index (χ0n) is 12.9.